The molecule has 0 bridgehead atoms. The molecule has 0 spiro atoms. The summed E-state index contributed by atoms with van der Waals surface area (Å²) in [7, 11) is 0. The summed E-state index contributed by atoms with van der Waals surface area (Å²) in [6.45, 7) is 1.78. The highest BCUT2D eigenvalue weighted by atomic mass is 32.2. The number of ether oxygens (including phenoxy) is 1. The zero-order valence-corrected chi connectivity index (χ0v) is 20.1. The molecule has 172 valence electrons. The van der Waals surface area contributed by atoms with Gasteiger partial charge < -0.3 is 15.6 Å². The van der Waals surface area contributed by atoms with Crippen molar-refractivity contribution in [3.8, 4) is 11.8 Å². The molecule has 0 aliphatic heterocycles. The highest BCUT2D eigenvalue weighted by Crippen LogP contribution is 2.51. The van der Waals surface area contributed by atoms with Crippen LogP contribution in [-0.4, -0.2) is 31.5 Å². The molecule has 1 unspecified atom stereocenters. The van der Waals surface area contributed by atoms with Crippen molar-refractivity contribution in [1.82, 2.24) is 14.3 Å². The zero-order valence-electron chi connectivity index (χ0n) is 17.7. The third kappa shape index (κ3) is 4.21. The summed E-state index contributed by atoms with van der Waals surface area (Å²) < 4.78 is 10.5. The number of fused-ring (bicyclic) bond motifs is 1. The van der Waals surface area contributed by atoms with Gasteiger partial charge in [-0.05, 0) is 48.7 Å². The lowest BCUT2D eigenvalue weighted by atomic mass is 10.1. The van der Waals surface area contributed by atoms with Gasteiger partial charge in [0.25, 0.3) is 0 Å². The number of aliphatic carboxylic acids is 1. The topological polar surface area (TPSA) is 140 Å². The third-order valence-electron chi connectivity index (χ3n) is 5.33. The van der Waals surface area contributed by atoms with Crippen LogP contribution in [0.1, 0.15) is 47.1 Å². The molecule has 4 aromatic rings. The van der Waals surface area contributed by atoms with Crippen LogP contribution < -0.4 is 11.1 Å². The Morgan fingerprint density at radius 1 is 1.21 bits per heavy atom. The Morgan fingerprint density at radius 2 is 1.97 bits per heavy atom. The van der Waals surface area contributed by atoms with Crippen molar-refractivity contribution in [1.29, 1.82) is 0 Å². The number of aromatic nitrogens is 3. The number of carboxylic acids is 1. The molecule has 1 atom stereocenters. The van der Waals surface area contributed by atoms with Gasteiger partial charge in [0.05, 0.1) is 0 Å². The molecule has 1 amide bonds. The summed E-state index contributed by atoms with van der Waals surface area (Å²) in [6, 6.07) is 9.38. The van der Waals surface area contributed by atoms with Gasteiger partial charge in [0, 0.05) is 0 Å². The van der Waals surface area contributed by atoms with Crippen LogP contribution in [0.4, 0.5) is 15.5 Å². The van der Waals surface area contributed by atoms with Gasteiger partial charge in [0.15, 0.2) is 16.3 Å². The Morgan fingerprint density at radius 3 is 2.65 bits per heavy atom. The van der Waals surface area contributed by atoms with Gasteiger partial charge in [-0.25, -0.2) is 14.8 Å². The number of hydrogen-bond acceptors (Lipinski definition) is 10. The average molecular weight is 512 g/mol. The SMILES string of the molecule is CC(OC(=O)Nc1c(C#Cc2nc3nc(C4(C(=O)O)CC4)sc3s2)nsc1N)c1ccccc1. The van der Waals surface area contributed by atoms with Gasteiger partial charge in [0.1, 0.15) is 31.2 Å². The molecule has 1 aromatic carbocycles. The van der Waals surface area contributed by atoms with Gasteiger partial charge in [-0.3, -0.25) is 10.1 Å². The zero-order chi connectivity index (χ0) is 23.9. The first-order valence-corrected chi connectivity index (χ1v) is 12.6. The van der Waals surface area contributed by atoms with Crippen molar-refractivity contribution < 1.29 is 19.4 Å². The van der Waals surface area contributed by atoms with Crippen molar-refractivity contribution in [2.45, 2.75) is 31.3 Å². The van der Waals surface area contributed by atoms with Crippen molar-refractivity contribution in [2.75, 3.05) is 11.1 Å². The molecule has 1 aliphatic rings. The normalized spacial score (nSPS) is 14.7. The lowest BCUT2D eigenvalue weighted by Gasteiger charge is -2.14. The maximum absolute atomic E-state index is 12.4. The number of nitrogens with one attached hydrogen (secondary N) is 1. The molecule has 4 N–H and O–H groups in total. The first kappa shape index (κ1) is 22.3. The van der Waals surface area contributed by atoms with Crippen molar-refractivity contribution >= 4 is 66.6 Å². The molecule has 3 aromatic heterocycles. The van der Waals surface area contributed by atoms with Gasteiger partial charge >= 0.3 is 12.1 Å². The van der Waals surface area contributed by atoms with E-state index in [0.717, 1.165) is 21.1 Å². The van der Waals surface area contributed by atoms with E-state index in [-0.39, 0.29) is 0 Å². The van der Waals surface area contributed by atoms with Crippen LogP contribution in [0.3, 0.4) is 0 Å². The van der Waals surface area contributed by atoms with E-state index in [1.165, 1.54) is 22.7 Å². The number of anilines is 2. The predicted molar refractivity (Wildman–Crippen MR) is 131 cm³/mol. The Labute approximate surface area is 205 Å². The number of carboxylic acid groups (broad SMARTS) is 1. The molecule has 5 rings (SSSR count). The fourth-order valence-electron chi connectivity index (χ4n) is 3.25. The number of rotatable bonds is 5. The minimum atomic E-state index is -0.845. The molecule has 9 nitrogen and oxygen atoms in total. The first-order chi connectivity index (χ1) is 16.4. The lowest BCUT2D eigenvalue weighted by molar-refractivity contribution is -0.140. The molecule has 34 heavy (non-hydrogen) atoms. The third-order valence-corrected chi connectivity index (χ3v) is 8.30. The molecule has 1 aliphatic carbocycles. The molecule has 12 heteroatoms. The maximum Gasteiger partial charge on any atom is 0.412 e. The van der Waals surface area contributed by atoms with E-state index in [4.69, 9.17) is 10.5 Å². The molecular weight excluding hydrogens is 494 g/mol. The van der Waals surface area contributed by atoms with E-state index in [1.807, 2.05) is 30.3 Å². The second-order valence-electron chi connectivity index (χ2n) is 7.64. The van der Waals surface area contributed by atoms with E-state index >= 15 is 0 Å². The van der Waals surface area contributed by atoms with Crippen LogP contribution in [0.15, 0.2) is 30.3 Å². The van der Waals surface area contributed by atoms with E-state index in [2.05, 4.69) is 31.5 Å². The summed E-state index contributed by atoms with van der Waals surface area (Å²) in [6.07, 6.45) is 0.0949. The van der Waals surface area contributed by atoms with E-state index in [0.29, 0.717) is 44.9 Å². The second-order valence-corrected chi connectivity index (χ2v) is 10.7. The summed E-state index contributed by atoms with van der Waals surface area (Å²) in [5.41, 5.74) is 7.10. The molecule has 3 heterocycles. The van der Waals surface area contributed by atoms with Crippen molar-refractivity contribution in [3.05, 3.63) is 51.6 Å². The molecule has 0 radical (unpaired) electrons. The molecule has 1 fully saturated rings. The fourth-order valence-corrected chi connectivity index (χ4v) is 6.03. The Kier molecular flexibility index (Phi) is 5.68. The van der Waals surface area contributed by atoms with Gasteiger partial charge in [-0.2, -0.15) is 4.37 Å². The average Bonchev–Trinajstić information content (AvgIpc) is 3.26. The summed E-state index contributed by atoms with van der Waals surface area (Å²) in [5.74, 6) is 4.99. The van der Waals surface area contributed by atoms with E-state index in [9.17, 15) is 14.7 Å². The Balaban J connectivity index is 1.30. The Hall–Kier alpha value is -3.53. The number of nitrogen functional groups attached to an aromatic ring is 1. The minimum Gasteiger partial charge on any atom is -0.481 e. The van der Waals surface area contributed by atoms with Gasteiger partial charge in [0.2, 0.25) is 0 Å². The number of benzene rings is 1. The molecule has 1 saturated carbocycles. The van der Waals surface area contributed by atoms with E-state index in [1.54, 1.807) is 6.92 Å². The summed E-state index contributed by atoms with van der Waals surface area (Å²) in [5, 5.41) is 13.5. The van der Waals surface area contributed by atoms with Gasteiger partial charge in [-0.1, -0.05) is 41.7 Å². The quantitative estimate of drug-likeness (QED) is 0.330. The minimum absolute atomic E-state index is 0.290. The number of nitrogens with two attached hydrogens (primary N) is 1. The molecular formula is C22H17N5O4S3. The second kappa shape index (κ2) is 8.68. The summed E-state index contributed by atoms with van der Waals surface area (Å²) >= 11 is 3.70. The highest BCUT2D eigenvalue weighted by molar-refractivity contribution is 7.38. The molecule has 0 saturated heterocycles. The van der Waals surface area contributed by atoms with Crippen LogP contribution in [0.25, 0.3) is 9.66 Å². The number of carbonyl (C=O) groups excluding carboxylic acids is 1. The van der Waals surface area contributed by atoms with Crippen LogP contribution in [0.5, 0.6) is 0 Å². The fraction of sp³-hybridized carbons (Fsp3) is 0.227. The number of carbonyl (C=O) groups is 2. The number of hydrogen-bond donors (Lipinski definition) is 3. The maximum atomic E-state index is 12.4. The highest BCUT2D eigenvalue weighted by Gasteiger charge is 2.54. The van der Waals surface area contributed by atoms with Gasteiger partial charge in [-0.15, -0.1) is 11.3 Å². The van der Waals surface area contributed by atoms with E-state index < -0.39 is 23.6 Å². The predicted octanol–water partition coefficient (Wildman–Crippen LogP) is 4.62. The Bertz CT molecular complexity index is 1430. The first-order valence-electron chi connectivity index (χ1n) is 10.2. The van der Waals surface area contributed by atoms with Crippen LogP contribution >= 0.6 is 34.2 Å². The van der Waals surface area contributed by atoms with Crippen LogP contribution in [-0.2, 0) is 14.9 Å². The van der Waals surface area contributed by atoms with Crippen molar-refractivity contribution in [2.24, 2.45) is 0 Å². The number of amides is 1. The van der Waals surface area contributed by atoms with Crippen LogP contribution in [0.2, 0.25) is 0 Å². The number of thiazole rings is 2. The van der Waals surface area contributed by atoms with Crippen LogP contribution in [0, 0.1) is 11.8 Å². The van der Waals surface area contributed by atoms with Crippen molar-refractivity contribution in [3.63, 3.8) is 0 Å². The standard InChI is InChI=1S/C22H17N5O4S3/c1-11(12-5-3-2-4-6-12)31-21(30)25-15-13(27-34-16(15)23)7-8-14-24-17-18(32-14)33-19(26-17)22(9-10-22)20(28)29/h2-6,11H,9-10,23H2,1H3,(H,25,30)(H,28,29). The lowest BCUT2D eigenvalue weighted by Crippen LogP contribution is -2.18. The monoisotopic (exact) mass is 511 g/mol. The summed E-state index contributed by atoms with van der Waals surface area (Å²) in [4.78, 5) is 32.7. The largest absolute Gasteiger partial charge is 0.481 e. The number of nitrogens with zero attached hydrogens (tertiary/aromatic N) is 3. The smallest absolute Gasteiger partial charge is 0.412 e.